The second kappa shape index (κ2) is 6.51. The monoisotopic (exact) mass is 201 g/mol. The van der Waals surface area contributed by atoms with Crippen molar-refractivity contribution in [1.29, 1.82) is 0 Å². The van der Waals surface area contributed by atoms with Crippen LogP contribution in [0.15, 0.2) is 30.3 Å². The van der Waals surface area contributed by atoms with Crippen molar-refractivity contribution < 1.29 is 24.6 Å². The minimum Gasteiger partial charge on any atom is -0.389 e. The molecule has 2 heteroatoms. The van der Waals surface area contributed by atoms with Crippen molar-refractivity contribution in [1.82, 2.24) is 0 Å². The molecule has 0 amide bonds. The summed E-state index contributed by atoms with van der Waals surface area (Å²) in [5.41, 5.74) is 0.970. The molecule has 0 unspecified atom stereocenters. The van der Waals surface area contributed by atoms with Gasteiger partial charge < -0.3 is 12.5 Å². The number of benzene rings is 1. The van der Waals surface area contributed by atoms with E-state index in [9.17, 15) is 0 Å². The van der Waals surface area contributed by atoms with Crippen LogP contribution in [0.3, 0.4) is 0 Å². The van der Waals surface area contributed by atoms with Crippen molar-refractivity contribution in [3.63, 3.8) is 0 Å². The molecule has 0 spiro atoms. The molecule has 58 valence electrons. The predicted octanol–water partition coefficient (Wildman–Crippen LogP) is 2.19. The van der Waals surface area contributed by atoms with Crippen LogP contribution in [0.5, 0.6) is 0 Å². The molecule has 1 N–H and O–H groups in total. The minimum atomic E-state index is -0.341. The fourth-order valence-electron chi connectivity index (χ4n) is 0.732. The Hall–Kier alpha value is -0.197. The minimum absolute atomic E-state index is 0. The number of hydrogen-bond donors (Lipinski definition) is 1. The van der Waals surface area contributed by atoms with E-state index in [-0.39, 0.29) is 33.0 Å². The first-order valence-electron chi connectivity index (χ1n) is 3.03. The third kappa shape index (κ3) is 4.28. The number of aliphatic hydroxyl groups excluding tert-OH is 1. The Kier molecular flexibility index (Phi) is 7.93. The second-order valence-electron chi connectivity index (χ2n) is 2.09. The summed E-state index contributed by atoms with van der Waals surface area (Å²) in [6, 6.07) is 9.59. The van der Waals surface area contributed by atoms with Gasteiger partial charge in [0.1, 0.15) is 0 Å². The molecule has 0 fully saturated rings. The van der Waals surface area contributed by atoms with Crippen LogP contribution in [0.1, 0.15) is 18.6 Å². The van der Waals surface area contributed by atoms with Gasteiger partial charge in [-0.15, -0.1) is 0 Å². The smallest absolute Gasteiger partial charge is 0.0761 e. The van der Waals surface area contributed by atoms with Gasteiger partial charge in [-0.25, -0.2) is 0 Å². The Morgan fingerprint density at radius 2 is 1.64 bits per heavy atom. The first-order chi connectivity index (χ1) is 4.30. The van der Waals surface area contributed by atoms with E-state index in [1.807, 2.05) is 30.3 Å². The van der Waals surface area contributed by atoms with Crippen molar-refractivity contribution in [2.24, 2.45) is 0 Å². The first kappa shape index (κ1) is 13.4. The van der Waals surface area contributed by atoms with Gasteiger partial charge in [-0.1, -0.05) is 30.3 Å². The zero-order valence-corrected chi connectivity index (χ0v) is 10.1. The van der Waals surface area contributed by atoms with E-state index < -0.39 is 0 Å². The van der Waals surface area contributed by atoms with Crippen LogP contribution in [0.4, 0.5) is 0 Å². The molecular weight excluding hydrogens is 189 g/mol. The van der Waals surface area contributed by atoms with Crippen LogP contribution in [-0.2, 0) is 19.5 Å². The SMILES string of the molecule is C[C@@H](O)c1ccccc1.[CH3-].[Zn]. The predicted molar refractivity (Wildman–Crippen MR) is 43.5 cm³/mol. The molecule has 11 heavy (non-hydrogen) atoms. The van der Waals surface area contributed by atoms with E-state index in [1.165, 1.54) is 0 Å². The van der Waals surface area contributed by atoms with Crippen molar-refractivity contribution in [2.75, 3.05) is 0 Å². The molecule has 0 bridgehead atoms. The maximum atomic E-state index is 9.02. The summed E-state index contributed by atoms with van der Waals surface area (Å²) in [6.07, 6.45) is -0.341. The van der Waals surface area contributed by atoms with E-state index in [0.29, 0.717) is 0 Å². The molecule has 1 atom stereocenters. The standard InChI is InChI=1S/C8H10O.CH3.Zn/c1-7(9)8-5-3-2-4-6-8;;/h2-7,9H,1H3;1H3;/q;-1;/t7-;;/m1../s1. The van der Waals surface area contributed by atoms with E-state index >= 15 is 0 Å². The fourth-order valence-corrected chi connectivity index (χ4v) is 0.732. The molecule has 0 heterocycles. The zero-order chi connectivity index (χ0) is 6.69. The van der Waals surface area contributed by atoms with Crippen molar-refractivity contribution in [3.05, 3.63) is 43.3 Å². The second-order valence-corrected chi connectivity index (χ2v) is 2.09. The van der Waals surface area contributed by atoms with Crippen LogP contribution >= 0.6 is 0 Å². The summed E-state index contributed by atoms with van der Waals surface area (Å²) < 4.78 is 0. The van der Waals surface area contributed by atoms with E-state index in [2.05, 4.69) is 0 Å². The first-order valence-corrected chi connectivity index (χ1v) is 3.03. The van der Waals surface area contributed by atoms with Gasteiger partial charge in [0, 0.05) is 19.5 Å². The summed E-state index contributed by atoms with van der Waals surface area (Å²) in [5, 5.41) is 9.02. The molecule has 0 aromatic heterocycles. The van der Waals surface area contributed by atoms with Crippen LogP contribution in [0.25, 0.3) is 0 Å². The summed E-state index contributed by atoms with van der Waals surface area (Å²) in [5.74, 6) is 0. The molecule has 0 aliphatic rings. The summed E-state index contributed by atoms with van der Waals surface area (Å²) >= 11 is 0. The van der Waals surface area contributed by atoms with Crippen molar-refractivity contribution in [2.45, 2.75) is 13.0 Å². The van der Waals surface area contributed by atoms with Gasteiger partial charge >= 0.3 is 0 Å². The number of aliphatic hydroxyl groups is 1. The molecule has 0 aliphatic carbocycles. The van der Waals surface area contributed by atoms with Gasteiger partial charge in [0.2, 0.25) is 0 Å². The largest absolute Gasteiger partial charge is 0.389 e. The Bertz CT molecular complexity index is 172. The van der Waals surface area contributed by atoms with Gasteiger partial charge in [-0.05, 0) is 12.5 Å². The maximum Gasteiger partial charge on any atom is 0.0761 e. The average molecular weight is 203 g/mol. The molecule has 1 rings (SSSR count). The van der Waals surface area contributed by atoms with Gasteiger partial charge in [0.25, 0.3) is 0 Å². The van der Waals surface area contributed by atoms with Gasteiger partial charge in [-0.3, -0.25) is 0 Å². The summed E-state index contributed by atoms with van der Waals surface area (Å²) in [7, 11) is 0. The van der Waals surface area contributed by atoms with Crippen LogP contribution in [0, 0.1) is 7.43 Å². The topological polar surface area (TPSA) is 20.2 Å². The van der Waals surface area contributed by atoms with Crippen LogP contribution in [-0.4, -0.2) is 5.11 Å². The molecule has 0 aliphatic heterocycles. The molecule has 0 saturated carbocycles. The Morgan fingerprint density at radius 1 is 1.18 bits per heavy atom. The Balaban J connectivity index is 0. The Labute approximate surface area is 81.2 Å². The van der Waals surface area contributed by atoms with Crippen LogP contribution < -0.4 is 0 Å². The van der Waals surface area contributed by atoms with Gasteiger partial charge in [-0.2, -0.15) is 0 Å². The molecule has 1 nitrogen and oxygen atoms in total. The quantitative estimate of drug-likeness (QED) is 0.547. The molecule has 1 aromatic carbocycles. The number of rotatable bonds is 1. The third-order valence-corrected chi connectivity index (χ3v) is 1.28. The average Bonchev–Trinajstić information content (AvgIpc) is 1.90. The Morgan fingerprint density at radius 3 is 1.91 bits per heavy atom. The molecule has 0 radical (unpaired) electrons. The fraction of sp³-hybridized carbons (Fsp3) is 0.222. The third-order valence-electron chi connectivity index (χ3n) is 1.28. The van der Waals surface area contributed by atoms with Crippen molar-refractivity contribution >= 4 is 0 Å². The van der Waals surface area contributed by atoms with Crippen molar-refractivity contribution in [3.8, 4) is 0 Å². The summed E-state index contributed by atoms with van der Waals surface area (Å²) in [4.78, 5) is 0. The van der Waals surface area contributed by atoms with E-state index in [0.717, 1.165) is 5.56 Å². The molecule has 1 aromatic rings. The zero-order valence-electron chi connectivity index (χ0n) is 7.12. The molecule has 0 saturated heterocycles. The summed E-state index contributed by atoms with van der Waals surface area (Å²) in [6.45, 7) is 1.76. The maximum absolute atomic E-state index is 9.02. The normalized spacial score (nSPS) is 10.7. The van der Waals surface area contributed by atoms with Crippen LogP contribution in [0.2, 0.25) is 0 Å². The van der Waals surface area contributed by atoms with Gasteiger partial charge in [0.15, 0.2) is 0 Å². The molecular formula is C9H13OZn-. The van der Waals surface area contributed by atoms with Gasteiger partial charge in [0.05, 0.1) is 6.10 Å². The van der Waals surface area contributed by atoms with E-state index in [1.54, 1.807) is 6.92 Å². The van der Waals surface area contributed by atoms with E-state index in [4.69, 9.17) is 5.11 Å². The number of hydrogen-bond acceptors (Lipinski definition) is 1.